The first kappa shape index (κ1) is 21.3. The van der Waals surface area contributed by atoms with Gasteiger partial charge in [0.25, 0.3) is 0 Å². The van der Waals surface area contributed by atoms with E-state index < -0.39 is 0 Å². The van der Waals surface area contributed by atoms with Gasteiger partial charge in [-0.3, -0.25) is 9.89 Å². The van der Waals surface area contributed by atoms with Gasteiger partial charge in [0.15, 0.2) is 11.5 Å². The van der Waals surface area contributed by atoms with Crippen LogP contribution in [0.5, 0.6) is 11.5 Å². The summed E-state index contributed by atoms with van der Waals surface area (Å²) in [5.74, 6) is 3.29. The Kier molecular flexibility index (Phi) is 6.64. The summed E-state index contributed by atoms with van der Waals surface area (Å²) >= 11 is 3.01. The Morgan fingerprint density at radius 3 is 2.84 bits per heavy atom. The summed E-state index contributed by atoms with van der Waals surface area (Å²) < 4.78 is 11.4. The highest BCUT2D eigenvalue weighted by molar-refractivity contribution is 7.99. The van der Waals surface area contributed by atoms with E-state index in [1.165, 1.54) is 37.4 Å². The first-order valence-electron chi connectivity index (χ1n) is 11.0. The first-order valence-corrected chi connectivity index (χ1v) is 12.9. The van der Waals surface area contributed by atoms with Crippen LogP contribution >= 0.6 is 23.1 Å². The molecule has 0 spiro atoms. The summed E-state index contributed by atoms with van der Waals surface area (Å²) in [5.41, 5.74) is 0.796. The molecule has 32 heavy (non-hydrogen) atoms. The second-order valence-electron chi connectivity index (χ2n) is 8.10. The molecule has 9 heteroatoms. The molecule has 0 unspecified atom stereocenters. The molecule has 1 fully saturated rings. The zero-order chi connectivity index (χ0) is 21.8. The molecule has 2 aliphatic rings. The van der Waals surface area contributed by atoms with Crippen molar-refractivity contribution in [3.63, 3.8) is 0 Å². The molecule has 1 saturated carbocycles. The lowest BCUT2D eigenvalue weighted by Crippen LogP contribution is -2.31. The number of aromatic amines is 1. The first-order chi connectivity index (χ1) is 15.7. The van der Waals surface area contributed by atoms with Gasteiger partial charge in [-0.2, -0.15) is 0 Å². The van der Waals surface area contributed by atoms with Crippen LogP contribution in [0.2, 0.25) is 0 Å². The smallest absolute Gasteiger partial charge is 0.237 e. The van der Waals surface area contributed by atoms with Crippen molar-refractivity contribution < 1.29 is 14.3 Å². The Balaban J connectivity index is 1.27. The number of benzene rings is 1. The number of hydrogen-bond acceptors (Lipinski definition) is 7. The minimum Gasteiger partial charge on any atom is -0.486 e. The third kappa shape index (κ3) is 5.10. The largest absolute Gasteiger partial charge is 0.486 e. The van der Waals surface area contributed by atoms with Crippen molar-refractivity contribution in [2.45, 2.75) is 43.8 Å². The number of carbonyl (C=O) groups excluding carboxylic acids is 1. The summed E-state index contributed by atoms with van der Waals surface area (Å²) in [5, 5.41) is 10.0. The average molecular weight is 471 g/mol. The van der Waals surface area contributed by atoms with Gasteiger partial charge in [-0.1, -0.05) is 43.5 Å². The van der Waals surface area contributed by atoms with E-state index in [4.69, 9.17) is 9.47 Å². The number of thioether (sulfide) groups is 1. The highest BCUT2D eigenvalue weighted by atomic mass is 32.2. The van der Waals surface area contributed by atoms with Crippen LogP contribution in [0.1, 0.15) is 36.4 Å². The maximum Gasteiger partial charge on any atom is 0.237 e. The number of nitrogens with one attached hydrogen (secondary N) is 1. The van der Waals surface area contributed by atoms with Crippen LogP contribution in [0, 0.1) is 5.92 Å². The Bertz CT molecular complexity index is 1050. The van der Waals surface area contributed by atoms with Crippen molar-refractivity contribution in [3.8, 4) is 11.5 Å². The normalized spacial score (nSPS) is 15.8. The summed E-state index contributed by atoms with van der Waals surface area (Å²) in [6, 6.07) is 9.71. The van der Waals surface area contributed by atoms with Gasteiger partial charge in [-0.25, -0.2) is 4.98 Å². The zero-order valence-corrected chi connectivity index (χ0v) is 19.4. The molecule has 0 bridgehead atoms. The number of fused-ring (bicyclic) bond motifs is 1. The fourth-order valence-corrected chi connectivity index (χ4v) is 5.59. The van der Waals surface area contributed by atoms with Gasteiger partial charge in [0.2, 0.25) is 11.1 Å². The number of ether oxygens (including phenoxy) is 2. The number of amides is 1. The third-order valence-electron chi connectivity index (χ3n) is 5.83. The van der Waals surface area contributed by atoms with Crippen molar-refractivity contribution in [1.82, 2.24) is 15.2 Å². The Hall–Kier alpha value is -2.52. The van der Waals surface area contributed by atoms with Gasteiger partial charge in [-0.05, 0) is 29.5 Å². The zero-order valence-electron chi connectivity index (χ0n) is 17.8. The number of hydrogen-bond donors (Lipinski definition) is 1. The Morgan fingerprint density at radius 2 is 2.03 bits per heavy atom. The molecule has 3 aromatic rings. The maximum atomic E-state index is 13.3. The van der Waals surface area contributed by atoms with Gasteiger partial charge in [0.05, 0.1) is 12.3 Å². The van der Waals surface area contributed by atoms with Gasteiger partial charge >= 0.3 is 0 Å². The van der Waals surface area contributed by atoms with E-state index >= 15 is 0 Å². The van der Waals surface area contributed by atoms with Crippen LogP contribution in [0.4, 0.5) is 5.69 Å². The standard InChI is InChI=1S/C23H26N4O3S2/c28-22(15-32-23-24-21(25-26-23)12-16-4-1-2-5-16)27(14-18-6-3-11-31-18)17-7-8-19-20(13-17)30-10-9-29-19/h3,6-8,11,13,16H,1-2,4-5,9-10,12,14-15H2,(H,24,25,26). The van der Waals surface area contributed by atoms with Gasteiger partial charge < -0.3 is 14.4 Å². The Labute approximate surface area is 195 Å². The topological polar surface area (TPSA) is 80.3 Å². The number of thiophene rings is 1. The molecule has 3 heterocycles. The van der Waals surface area contributed by atoms with E-state index in [0.717, 1.165) is 22.8 Å². The quantitative estimate of drug-likeness (QED) is 0.481. The molecule has 168 valence electrons. The molecule has 7 nitrogen and oxygen atoms in total. The molecule has 5 rings (SSSR count). The fraction of sp³-hybridized carbons (Fsp3) is 0.435. The van der Waals surface area contributed by atoms with Crippen LogP contribution in [-0.2, 0) is 17.8 Å². The highest BCUT2D eigenvalue weighted by Crippen LogP contribution is 2.35. The molecule has 0 atom stereocenters. The van der Waals surface area contributed by atoms with Crippen LogP contribution in [-0.4, -0.2) is 40.1 Å². The predicted molar refractivity (Wildman–Crippen MR) is 126 cm³/mol. The third-order valence-corrected chi connectivity index (χ3v) is 7.52. The van der Waals surface area contributed by atoms with Crippen molar-refractivity contribution in [2.75, 3.05) is 23.9 Å². The molecule has 1 N–H and O–H groups in total. The molecule has 0 saturated heterocycles. The minimum absolute atomic E-state index is 0.00206. The molecular formula is C23H26N4O3S2. The van der Waals surface area contributed by atoms with Crippen molar-refractivity contribution in [3.05, 3.63) is 46.4 Å². The molecule has 0 radical (unpaired) electrons. The molecule has 2 aromatic heterocycles. The number of rotatable bonds is 8. The number of anilines is 1. The Morgan fingerprint density at radius 1 is 1.19 bits per heavy atom. The van der Waals surface area contributed by atoms with E-state index in [9.17, 15) is 4.79 Å². The van der Waals surface area contributed by atoms with E-state index in [0.29, 0.717) is 42.3 Å². The second kappa shape index (κ2) is 9.95. The SMILES string of the molecule is O=C(CSc1n[nH]c(CC2CCCC2)n1)N(Cc1cccs1)c1ccc2c(c1)OCCO2. The summed E-state index contributed by atoms with van der Waals surface area (Å²) in [6.07, 6.45) is 6.12. The number of nitrogens with zero attached hydrogens (tertiary/aromatic N) is 3. The van der Waals surface area contributed by atoms with Gasteiger partial charge in [0, 0.05) is 23.1 Å². The highest BCUT2D eigenvalue weighted by Gasteiger charge is 2.22. The number of carbonyl (C=O) groups is 1. The fourth-order valence-electron chi connectivity index (χ4n) is 4.21. The maximum absolute atomic E-state index is 13.3. The molecule has 1 aliphatic carbocycles. The van der Waals surface area contributed by atoms with Gasteiger partial charge in [-0.15, -0.1) is 16.4 Å². The molecule has 1 amide bonds. The van der Waals surface area contributed by atoms with Crippen molar-refractivity contribution >= 4 is 34.7 Å². The monoisotopic (exact) mass is 470 g/mol. The van der Waals surface area contributed by atoms with E-state index in [2.05, 4.69) is 15.2 Å². The van der Waals surface area contributed by atoms with E-state index in [1.807, 2.05) is 35.7 Å². The number of H-pyrrole nitrogens is 1. The van der Waals surface area contributed by atoms with Gasteiger partial charge in [0.1, 0.15) is 19.0 Å². The molecule has 1 aliphatic heterocycles. The van der Waals surface area contributed by atoms with Crippen LogP contribution < -0.4 is 14.4 Å². The molecular weight excluding hydrogens is 444 g/mol. The summed E-state index contributed by atoms with van der Waals surface area (Å²) in [6.45, 7) is 1.57. The average Bonchev–Trinajstić information content (AvgIpc) is 3.59. The predicted octanol–water partition coefficient (Wildman–Crippen LogP) is 4.70. The summed E-state index contributed by atoms with van der Waals surface area (Å²) in [7, 11) is 0. The lowest BCUT2D eigenvalue weighted by atomic mass is 10.0. The lowest BCUT2D eigenvalue weighted by Gasteiger charge is -2.25. The van der Waals surface area contributed by atoms with Crippen molar-refractivity contribution in [1.29, 1.82) is 0 Å². The van der Waals surface area contributed by atoms with E-state index in [-0.39, 0.29) is 11.7 Å². The minimum atomic E-state index is 0.00206. The molecule has 1 aromatic carbocycles. The van der Waals surface area contributed by atoms with Crippen LogP contribution in [0.3, 0.4) is 0 Å². The summed E-state index contributed by atoms with van der Waals surface area (Å²) in [4.78, 5) is 20.8. The van der Waals surface area contributed by atoms with Crippen molar-refractivity contribution in [2.24, 2.45) is 5.92 Å². The second-order valence-corrected chi connectivity index (χ2v) is 10.1. The lowest BCUT2D eigenvalue weighted by molar-refractivity contribution is -0.116. The van der Waals surface area contributed by atoms with Crippen LogP contribution in [0.25, 0.3) is 0 Å². The van der Waals surface area contributed by atoms with E-state index in [1.54, 1.807) is 16.2 Å². The number of aromatic nitrogens is 3. The van der Waals surface area contributed by atoms with Crippen LogP contribution in [0.15, 0.2) is 40.9 Å².